The summed E-state index contributed by atoms with van der Waals surface area (Å²) in [5.41, 5.74) is 3.32. The van der Waals surface area contributed by atoms with Crippen molar-refractivity contribution in [3.05, 3.63) is 36.8 Å². The zero-order valence-corrected chi connectivity index (χ0v) is 11.6. The number of carbonyl (C=O) groups is 1. The highest BCUT2D eigenvalue weighted by molar-refractivity contribution is 5.86. The third kappa shape index (κ3) is 2.40. The summed E-state index contributed by atoms with van der Waals surface area (Å²) >= 11 is 0. The monoisotopic (exact) mass is 283 g/mol. The predicted octanol–water partition coefficient (Wildman–Crippen LogP) is 2.21. The molecule has 7 heteroatoms. The first kappa shape index (κ1) is 13.0. The van der Waals surface area contributed by atoms with Crippen LogP contribution in [0.15, 0.2) is 36.8 Å². The molecule has 3 aromatic rings. The number of hydrogen-bond donors (Lipinski definition) is 1. The molecule has 1 N–H and O–H groups in total. The van der Waals surface area contributed by atoms with E-state index in [0.29, 0.717) is 17.1 Å². The van der Waals surface area contributed by atoms with E-state index >= 15 is 0 Å². The van der Waals surface area contributed by atoms with Crippen LogP contribution < -0.4 is 5.32 Å². The number of nitrogens with zero attached hydrogens (tertiary/aromatic N) is 4. The fraction of sp³-hybridized carbons (Fsp3) is 0.143. The number of methoxy groups -OCH3 is 1. The van der Waals surface area contributed by atoms with E-state index in [9.17, 15) is 4.79 Å². The molecule has 0 spiro atoms. The van der Waals surface area contributed by atoms with E-state index < -0.39 is 6.09 Å². The second-order valence-electron chi connectivity index (χ2n) is 4.41. The summed E-state index contributed by atoms with van der Waals surface area (Å²) in [7, 11) is 3.08. The number of rotatable bonds is 2. The van der Waals surface area contributed by atoms with Gasteiger partial charge in [0, 0.05) is 31.2 Å². The molecule has 21 heavy (non-hydrogen) atoms. The number of carbonyl (C=O) groups excluding carboxylic acids is 1. The molecule has 0 bridgehead atoms. The number of aromatic nitrogens is 4. The molecule has 0 fully saturated rings. The second-order valence-corrected chi connectivity index (χ2v) is 4.41. The number of ether oxygens (including phenoxy) is 1. The first-order chi connectivity index (χ1) is 10.2. The third-order valence-electron chi connectivity index (χ3n) is 3.12. The van der Waals surface area contributed by atoms with Gasteiger partial charge in [0.25, 0.3) is 0 Å². The first-order valence-corrected chi connectivity index (χ1v) is 6.27. The second kappa shape index (κ2) is 5.20. The Labute approximate surface area is 120 Å². The van der Waals surface area contributed by atoms with E-state index in [1.807, 2.05) is 18.2 Å². The molecule has 3 heterocycles. The SMILES string of the molecule is COC(=O)Nc1nc2cc(-c3ccncc3)cnc2n1C. The molecular weight excluding hydrogens is 270 g/mol. The molecule has 3 aromatic heterocycles. The molecule has 3 rings (SSSR count). The molecule has 0 aromatic carbocycles. The van der Waals surface area contributed by atoms with Crippen molar-refractivity contribution >= 4 is 23.2 Å². The van der Waals surface area contributed by atoms with Gasteiger partial charge in [-0.1, -0.05) is 0 Å². The van der Waals surface area contributed by atoms with E-state index in [4.69, 9.17) is 0 Å². The fourth-order valence-electron chi connectivity index (χ4n) is 2.03. The summed E-state index contributed by atoms with van der Waals surface area (Å²) < 4.78 is 6.26. The molecule has 0 atom stereocenters. The van der Waals surface area contributed by atoms with Crippen LogP contribution in [0.2, 0.25) is 0 Å². The average Bonchev–Trinajstić information content (AvgIpc) is 2.83. The number of aryl methyl sites for hydroxylation is 1. The van der Waals surface area contributed by atoms with Crippen LogP contribution in [-0.4, -0.2) is 32.7 Å². The molecule has 106 valence electrons. The van der Waals surface area contributed by atoms with E-state index in [2.05, 4.69) is 25.0 Å². The van der Waals surface area contributed by atoms with Gasteiger partial charge in [-0.3, -0.25) is 14.9 Å². The molecule has 7 nitrogen and oxygen atoms in total. The lowest BCUT2D eigenvalue weighted by Crippen LogP contribution is -2.14. The molecular formula is C14H13N5O2. The van der Waals surface area contributed by atoms with Crippen LogP contribution in [-0.2, 0) is 11.8 Å². The molecule has 0 radical (unpaired) electrons. The summed E-state index contributed by atoms with van der Waals surface area (Å²) in [5, 5.41) is 2.55. The maximum Gasteiger partial charge on any atom is 0.413 e. The van der Waals surface area contributed by atoms with Crippen molar-refractivity contribution in [2.45, 2.75) is 0 Å². The third-order valence-corrected chi connectivity index (χ3v) is 3.12. The van der Waals surface area contributed by atoms with Crippen molar-refractivity contribution in [3.63, 3.8) is 0 Å². The smallest absolute Gasteiger partial charge is 0.413 e. The van der Waals surface area contributed by atoms with Crippen molar-refractivity contribution in [2.24, 2.45) is 7.05 Å². The quantitative estimate of drug-likeness (QED) is 0.779. The summed E-state index contributed by atoms with van der Waals surface area (Å²) in [4.78, 5) is 24.0. The van der Waals surface area contributed by atoms with E-state index in [-0.39, 0.29) is 0 Å². The lowest BCUT2D eigenvalue weighted by Gasteiger charge is -2.02. The minimum Gasteiger partial charge on any atom is -0.453 e. The van der Waals surface area contributed by atoms with Crippen molar-refractivity contribution in [3.8, 4) is 11.1 Å². The standard InChI is InChI=1S/C14H13N5O2/c1-19-12-11(17-13(19)18-14(20)21-2)7-10(8-16-12)9-3-5-15-6-4-9/h3-8H,1-2H3,(H,17,18,20). The van der Waals surface area contributed by atoms with E-state index in [1.54, 1.807) is 30.2 Å². The Balaban J connectivity index is 2.04. The van der Waals surface area contributed by atoms with Gasteiger partial charge in [0.1, 0.15) is 5.52 Å². The zero-order valence-electron chi connectivity index (χ0n) is 11.6. The Morgan fingerprint density at radius 2 is 2.05 bits per heavy atom. The highest BCUT2D eigenvalue weighted by Gasteiger charge is 2.12. The molecule has 0 unspecified atom stereocenters. The molecule has 0 aliphatic carbocycles. The zero-order chi connectivity index (χ0) is 14.8. The number of nitrogens with one attached hydrogen (secondary N) is 1. The summed E-state index contributed by atoms with van der Waals surface area (Å²) in [6.45, 7) is 0. The predicted molar refractivity (Wildman–Crippen MR) is 77.8 cm³/mol. The average molecular weight is 283 g/mol. The van der Waals surface area contributed by atoms with Crippen LogP contribution in [0.3, 0.4) is 0 Å². The van der Waals surface area contributed by atoms with Gasteiger partial charge in [0.15, 0.2) is 5.65 Å². The maximum absolute atomic E-state index is 11.3. The Kier molecular flexibility index (Phi) is 3.23. The number of imidazole rings is 1. The number of anilines is 1. The van der Waals surface area contributed by atoms with Crippen LogP contribution in [0.4, 0.5) is 10.7 Å². The van der Waals surface area contributed by atoms with Crippen molar-refractivity contribution in [1.82, 2.24) is 19.5 Å². The Hall–Kier alpha value is -2.96. The Morgan fingerprint density at radius 1 is 1.29 bits per heavy atom. The molecule has 1 amide bonds. The van der Waals surface area contributed by atoms with Gasteiger partial charge in [0.2, 0.25) is 5.95 Å². The Morgan fingerprint density at radius 3 is 2.76 bits per heavy atom. The largest absolute Gasteiger partial charge is 0.453 e. The van der Waals surface area contributed by atoms with Crippen LogP contribution in [0.5, 0.6) is 0 Å². The number of hydrogen-bond acceptors (Lipinski definition) is 5. The van der Waals surface area contributed by atoms with Crippen molar-refractivity contribution < 1.29 is 9.53 Å². The Bertz CT molecular complexity index is 798. The van der Waals surface area contributed by atoms with Crippen LogP contribution in [0.25, 0.3) is 22.3 Å². The van der Waals surface area contributed by atoms with Crippen molar-refractivity contribution in [2.75, 3.05) is 12.4 Å². The minimum atomic E-state index is -0.567. The van der Waals surface area contributed by atoms with Gasteiger partial charge in [-0.05, 0) is 23.8 Å². The van der Waals surface area contributed by atoms with Gasteiger partial charge in [-0.15, -0.1) is 0 Å². The number of fused-ring (bicyclic) bond motifs is 1. The summed E-state index contributed by atoms with van der Waals surface area (Å²) in [5.74, 6) is 0.385. The van der Waals surface area contributed by atoms with Crippen molar-refractivity contribution in [1.29, 1.82) is 0 Å². The van der Waals surface area contributed by atoms with Gasteiger partial charge in [-0.25, -0.2) is 14.8 Å². The highest BCUT2D eigenvalue weighted by Crippen LogP contribution is 2.23. The summed E-state index contributed by atoms with van der Waals surface area (Å²) in [6, 6.07) is 5.72. The minimum absolute atomic E-state index is 0.385. The lowest BCUT2D eigenvalue weighted by atomic mass is 10.1. The van der Waals surface area contributed by atoms with Crippen LogP contribution in [0, 0.1) is 0 Å². The van der Waals surface area contributed by atoms with E-state index in [0.717, 1.165) is 11.1 Å². The first-order valence-electron chi connectivity index (χ1n) is 6.27. The number of pyridine rings is 2. The van der Waals surface area contributed by atoms with Crippen LogP contribution >= 0.6 is 0 Å². The van der Waals surface area contributed by atoms with Crippen LogP contribution in [0.1, 0.15) is 0 Å². The van der Waals surface area contributed by atoms with Gasteiger partial charge in [-0.2, -0.15) is 0 Å². The normalized spacial score (nSPS) is 10.6. The fourth-order valence-corrected chi connectivity index (χ4v) is 2.03. The van der Waals surface area contributed by atoms with Gasteiger partial charge >= 0.3 is 6.09 Å². The molecule has 0 saturated carbocycles. The molecule has 0 aliphatic heterocycles. The van der Waals surface area contributed by atoms with Gasteiger partial charge in [0.05, 0.1) is 7.11 Å². The summed E-state index contributed by atoms with van der Waals surface area (Å²) in [6.07, 6.45) is 4.65. The van der Waals surface area contributed by atoms with E-state index in [1.165, 1.54) is 7.11 Å². The lowest BCUT2D eigenvalue weighted by molar-refractivity contribution is 0.186. The molecule has 0 saturated heterocycles. The number of amides is 1. The van der Waals surface area contributed by atoms with Gasteiger partial charge < -0.3 is 4.74 Å². The maximum atomic E-state index is 11.3. The highest BCUT2D eigenvalue weighted by atomic mass is 16.5. The topological polar surface area (TPSA) is 81.9 Å². The molecule has 0 aliphatic rings.